The van der Waals surface area contributed by atoms with Gasteiger partial charge in [0.1, 0.15) is 0 Å². The van der Waals surface area contributed by atoms with Crippen LogP contribution in [0.2, 0.25) is 0 Å². The van der Waals surface area contributed by atoms with Crippen LogP contribution in [0.4, 0.5) is 0 Å². The highest BCUT2D eigenvalue weighted by atomic mass is 14.9. The summed E-state index contributed by atoms with van der Waals surface area (Å²) in [6.07, 6.45) is 2.46. The van der Waals surface area contributed by atoms with Crippen LogP contribution in [0.3, 0.4) is 0 Å². The lowest BCUT2D eigenvalue weighted by Gasteiger charge is -2.14. The fraction of sp³-hybridized carbons (Fsp3) is 0.538. The van der Waals surface area contributed by atoms with Crippen LogP contribution in [0.5, 0.6) is 0 Å². The molecule has 0 aliphatic carbocycles. The Balaban J connectivity index is 2.33. The van der Waals surface area contributed by atoms with Crippen molar-refractivity contribution in [2.45, 2.75) is 32.6 Å². The third kappa shape index (κ3) is 1.83. The van der Waals surface area contributed by atoms with E-state index in [1.807, 2.05) is 0 Å². The molecule has 1 heteroatoms. The molecule has 1 saturated heterocycles. The molecule has 1 N–H and O–H groups in total. The largest absolute Gasteiger partial charge is 0.316 e. The lowest BCUT2D eigenvalue weighted by atomic mass is 9.91. The van der Waals surface area contributed by atoms with Crippen molar-refractivity contribution >= 4 is 0 Å². The summed E-state index contributed by atoms with van der Waals surface area (Å²) in [7, 11) is 0. The first-order valence-corrected chi connectivity index (χ1v) is 5.61. The third-order valence-electron chi connectivity index (χ3n) is 3.18. The highest BCUT2D eigenvalue weighted by molar-refractivity contribution is 5.35. The quantitative estimate of drug-likeness (QED) is 0.754. The summed E-state index contributed by atoms with van der Waals surface area (Å²) in [5, 5.41) is 3.44. The molecule has 0 aromatic heterocycles. The Morgan fingerprint density at radius 2 is 2.29 bits per heavy atom. The van der Waals surface area contributed by atoms with Gasteiger partial charge in [0.05, 0.1) is 0 Å². The molecular formula is C13H19N. The summed E-state index contributed by atoms with van der Waals surface area (Å²) in [6.45, 7) is 6.78. The Hall–Kier alpha value is -0.820. The normalized spacial score (nSPS) is 21.4. The van der Waals surface area contributed by atoms with Crippen LogP contribution in [0.1, 0.15) is 36.0 Å². The van der Waals surface area contributed by atoms with Gasteiger partial charge in [-0.25, -0.2) is 0 Å². The molecule has 1 atom stereocenters. The number of aryl methyl sites for hydroxylation is 2. The van der Waals surface area contributed by atoms with Crippen molar-refractivity contribution in [2.75, 3.05) is 13.1 Å². The third-order valence-corrected chi connectivity index (χ3v) is 3.18. The molecule has 14 heavy (non-hydrogen) atoms. The molecule has 1 heterocycles. The van der Waals surface area contributed by atoms with E-state index in [1.54, 1.807) is 5.56 Å². The number of benzene rings is 1. The molecule has 0 bridgehead atoms. The summed E-state index contributed by atoms with van der Waals surface area (Å²) in [4.78, 5) is 0. The van der Waals surface area contributed by atoms with Gasteiger partial charge in [0.25, 0.3) is 0 Å². The second-order valence-corrected chi connectivity index (χ2v) is 4.25. The van der Waals surface area contributed by atoms with Gasteiger partial charge in [-0.1, -0.05) is 30.7 Å². The molecule has 1 aliphatic heterocycles. The van der Waals surface area contributed by atoms with Crippen molar-refractivity contribution in [2.24, 2.45) is 0 Å². The molecule has 1 nitrogen and oxygen atoms in total. The molecule has 0 radical (unpaired) electrons. The molecule has 1 aliphatic rings. The van der Waals surface area contributed by atoms with Crippen molar-refractivity contribution in [1.29, 1.82) is 0 Å². The molecule has 0 saturated carbocycles. The lowest BCUT2D eigenvalue weighted by Crippen LogP contribution is -2.09. The van der Waals surface area contributed by atoms with Crippen molar-refractivity contribution in [3.8, 4) is 0 Å². The maximum atomic E-state index is 3.44. The first-order chi connectivity index (χ1) is 6.81. The number of hydrogen-bond donors (Lipinski definition) is 1. The molecule has 0 unspecified atom stereocenters. The van der Waals surface area contributed by atoms with Gasteiger partial charge in [0, 0.05) is 6.54 Å². The number of nitrogens with one attached hydrogen (secondary N) is 1. The number of rotatable bonds is 2. The zero-order valence-corrected chi connectivity index (χ0v) is 9.14. The molecule has 1 aromatic carbocycles. The topological polar surface area (TPSA) is 12.0 Å². The molecule has 1 aromatic rings. The van der Waals surface area contributed by atoms with Crippen molar-refractivity contribution in [3.05, 3.63) is 34.9 Å². The summed E-state index contributed by atoms with van der Waals surface area (Å²) >= 11 is 0. The molecule has 2 rings (SSSR count). The average Bonchev–Trinajstić information content (AvgIpc) is 2.70. The average molecular weight is 189 g/mol. The van der Waals surface area contributed by atoms with Gasteiger partial charge in [0.15, 0.2) is 0 Å². The monoisotopic (exact) mass is 189 g/mol. The fourth-order valence-electron chi connectivity index (χ4n) is 2.34. The van der Waals surface area contributed by atoms with Crippen LogP contribution in [-0.4, -0.2) is 13.1 Å². The zero-order valence-electron chi connectivity index (χ0n) is 9.14. The maximum Gasteiger partial charge on any atom is 0.00207 e. The van der Waals surface area contributed by atoms with Crippen molar-refractivity contribution in [1.82, 2.24) is 5.32 Å². The van der Waals surface area contributed by atoms with Crippen molar-refractivity contribution < 1.29 is 0 Å². The summed E-state index contributed by atoms with van der Waals surface area (Å²) in [6, 6.07) is 6.89. The van der Waals surface area contributed by atoms with Gasteiger partial charge in [-0.3, -0.25) is 0 Å². The van der Waals surface area contributed by atoms with Gasteiger partial charge in [-0.05, 0) is 43.4 Å². The molecule has 0 spiro atoms. The van der Waals surface area contributed by atoms with E-state index < -0.39 is 0 Å². The standard InChI is InChI=1S/C13H19N/c1-3-11-5-4-10(2)8-13(11)12-6-7-14-9-12/h4-5,8,12,14H,3,6-7,9H2,1-2H3/t12-/m1/s1. The Morgan fingerprint density at radius 1 is 1.43 bits per heavy atom. The van der Waals surface area contributed by atoms with Crippen LogP contribution in [0.25, 0.3) is 0 Å². The predicted octanol–water partition coefficient (Wildman–Crippen LogP) is 2.63. The molecule has 0 amide bonds. The first-order valence-electron chi connectivity index (χ1n) is 5.61. The van der Waals surface area contributed by atoms with E-state index in [0.717, 1.165) is 18.9 Å². The van der Waals surface area contributed by atoms with Crippen LogP contribution < -0.4 is 5.32 Å². The summed E-state index contributed by atoms with van der Waals surface area (Å²) < 4.78 is 0. The van der Waals surface area contributed by atoms with Crippen molar-refractivity contribution in [3.63, 3.8) is 0 Å². The lowest BCUT2D eigenvalue weighted by molar-refractivity contribution is 0.750. The number of hydrogen-bond acceptors (Lipinski definition) is 1. The summed E-state index contributed by atoms with van der Waals surface area (Å²) in [5.74, 6) is 0.754. The molecule has 1 fully saturated rings. The maximum absolute atomic E-state index is 3.44. The van der Waals surface area contributed by atoms with E-state index in [9.17, 15) is 0 Å². The van der Waals surface area contributed by atoms with Crippen LogP contribution >= 0.6 is 0 Å². The minimum absolute atomic E-state index is 0.754. The van der Waals surface area contributed by atoms with E-state index >= 15 is 0 Å². The van der Waals surface area contributed by atoms with Crippen LogP contribution in [0, 0.1) is 6.92 Å². The van der Waals surface area contributed by atoms with Gasteiger partial charge >= 0.3 is 0 Å². The highest BCUT2D eigenvalue weighted by Crippen LogP contribution is 2.26. The van der Waals surface area contributed by atoms with E-state index in [4.69, 9.17) is 0 Å². The van der Waals surface area contributed by atoms with Crippen LogP contribution in [-0.2, 0) is 6.42 Å². The molecule has 76 valence electrons. The van der Waals surface area contributed by atoms with E-state index in [0.29, 0.717) is 0 Å². The summed E-state index contributed by atoms with van der Waals surface area (Å²) in [5.41, 5.74) is 4.51. The minimum atomic E-state index is 0.754. The second kappa shape index (κ2) is 4.14. The Bertz CT molecular complexity index is 311. The predicted molar refractivity (Wildman–Crippen MR) is 60.8 cm³/mol. The Labute approximate surface area is 86.5 Å². The Morgan fingerprint density at radius 3 is 2.93 bits per heavy atom. The van der Waals surface area contributed by atoms with Gasteiger partial charge in [-0.15, -0.1) is 0 Å². The van der Waals surface area contributed by atoms with Gasteiger partial charge in [0.2, 0.25) is 0 Å². The second-order valence-electron chi connectivity index (χ2n) is 4.25. The fourth-order valence-corrected chi connectivity index (χ4v) is 2.34. The highest BCUT2D eigenvalue weighted by Gasteiger charge is 2.18. The first kappa shape index (κ1) is 9.72. The molecular weight excluding hydrogens is 170 g/mol. The van der Waals surface area contributed by atoms with E-state index in [-0.39, 0.29) is 0 Å². The Kier molecular flexibility index (Phi) is 2.87. The van der Waals surface area contributed by atoms with E-state index in [2.05, 4.69) is 37.4 Å². The SMILES string of the molecule is CCc1ccc(C)cc1[C@@H]1CCNC1. The van der Waals surface area contributed by atoms with Gasteiger partial charge < -0.3 is 5.32 Å². The zero-order chi connectivity index (χ0) is 9.97. The van der Waals surface area contributed by atoms with E-state index in [1.165, 1.54) is 24.1 Å². The smallest absolute Gasteiger partial charge is 0.00207 e. The van der Waals surface area contributed by atoms with Crippen LogP contribution in [0.15, 0.2) is 18.2 Å². The minimum Gasteiger partial charge on any atom is -0.316 e. The van der Waals surface area contributed by atoms with Gasteiger partial charge in [-0.2, -0.15) is 0 Å².